The Morgan fingerprint density at radius 1 is 1.06 bits per heavy atom. The maximum absolute atomic E-state index is 13.1. The van der Waals surface area contributed by atoms with Gasteiger partial charge in [0, 0.05) is 10.4 Å². The Labute approximate surface area is 188 Å². The van der Waals surface area contributed by atoms with Gasteiger partial charge in [-0.05, 0) is 67.1 Å². The van der Waals surface area contributed by atoms with Crippen LogP contribution in [0.15, 0.2) is 47.3 Å². The summed E-state index contributed by atoms with van der Waals surface area (Å²) in [6, 6.07) is 11.6. The molecular formula is C25H23FN2O3S. The van der Waals surface area contributed by atoms with Crippen LogP contribution in [-0.2, 0) is 19.4 Å². The van der Waals surface area contributed by atoms with Crippen molar-refractivity contribution in [3.8, 4) is 22.9 Å². The molecular weight excluding hydrogens is 427 g/mol. The Morgan fingerprint density at radius 3 is 2.69 bits per heavy atom. The van der Waals surface area contributed by atoms with E-state index in [4.69, 9.17) is 14.5 Å². The number of nitrogens with zero attached hydrogens (tertiary/aromatic N) is 1. The van der Waals surface area contributed by atoms with Gasteiger partial charge in [0.05, 0.1) is 12.5 Å². The fourth-order valence-electron chi connectivity index (χ4n) is 4.15. The third-order valence-electron chi connectivity index (χ3n) is 5.82. The Bertz CT molecular complexity index is 1330. The standard InChI is InChI=1S/C25H23FN2O3S/c1-30-20-13-16(9-12-19(20)31-14-15-7-10-17(26)11-8-15)23-27-24(29)22-18-5-3-2-4-6-21(18)32-25(22)28-23/h7-13H,2-6,14H2,1H3,(H,27,28,29). The van der Waals surface area contributed by atoms with Gasteiger partial charge >= 0.3 is 0 Å². The Balaban J connectivity index is 1.45. The first-order valence-electron chi connectivity index (χ1n) is 10.7. The summed E-state index contributed by atoms with van der Waals surface area (Å²) in [5.41, 5.74) is 2.70. The quantitative estimate of drug-likeness (QED) is 0.399. The van der Waals surface area contributed by atoms with E-state index in [-0.39, 0.29) is 18.0 Å². The van der Waals surface area contributed by atoms with Crippen molar-refractivity contribution in [2.75, 3.05) is 7.11 Å². The van der Waals surface area contributed by atoms with Crippen LogP contribution in [-0.4, -0.2) is 17.1 Å². The van der Waals surface area contributed by atoms with Crippen LogP contribution in [0, 0.1) is 5.82 Å². The maximum Gasteiger partial charge on any atom is 0.260 e. The van der Waals surface area contributed by atoms with Gasteiger partial charge in [-0.15, -0.1) is 11.3 Å². The van der Waals surface area contributed by atoms with Crippen molar-refractivity contribution in [1.82, 2.24) is 9.97 Å². The van der Waals surface area contributed by atoms with Gasteiger partial charge in [-0.3, -0.25) is 4.79 Å². The van der Waals surface area contributed by atoms with E-state index in [2.05, 4.69) is 4.98 Å². The molecule has 5 rings (SSSR count). The summed E-state index contributed by atoms with van der Waals surface area (Å²) in [5, 5.41) is 0.752. The molecule has 2 aromatic heterocycles. The molecule has 0 aliphatic heterocycles. The first-order chi connectivity index (χ1) is 15.6. The average Bonchev–Trinajstić information content (AvgIpc) is 3.00. The second-order valence-corrected chi connectivity index (χ2v) is 9.02. The molecule has 5 nitrogen and oxygen atoms in total. The molecule has 0 spiro atoms. The van der Waals surface area contributed by atoms with E-state index in [0.717, 1.165) is 40.6 Å². The minimum Gasteiger partial charge on any atom is -0.493 e. The van der Waals surface area contributed by atoms with Gasteiger partial charge in [0.1, 0.15) is 23.1 Å². The summed E-state index contributed by atoms with van der Waals surface area (Å²) >= 11 is 1.64. The Morgan fingerprint density at radius 2 is 1.88 bits per heavy atom. The van der Waals surface area contributed by atoms with Crippen molar-refractivity contribution in [3.63, 3.8) is 0 Å². The minimum atomic E-state index is -0.281. The van der Waals surface area contributed by atoms with E-state index < -0.39 is 0 Å². The third-order valence-corrected chi connectivity index (χ3v) is 7.01. The number of halogens is 1. The zero-order valence-corrected chi connectivity index (χ0v) is 18.6. The molecule has 0 unspecified atom stereocenters. The molecule has 164 valence electrons. The van der Waals surface area contributed by atoms with Gasteiger partial charge in [-0.1, -0.05) is 18.6 Å². The van der Waals surface area contributed by atoms with Crippen molar-refractivity contribution < 1.29 is 13.9 Å². The fourth-order valence-corrected chi connectivity index (χ4v) is 5.42. The van der Waals surface area contributed by atoms with Crippen LogP contribution in [0.3, 0.4) is 0 Å². The number of fused-ring (bicyclic) bond motifs is 3. The highest BCUT2D eigenvalue weighted by Gasteiger charge is 2.19. The molecule has 2 aromatic carbocycles. The van der Waals surface area contributed by atoms with E-state index in [1.54, 1.807) is 36.6 Å². The zero-order chi connectivity index (χ0) is 22.1. The first-order valence-corrected chi connectivity index (χ1v) is 11.5. The lowest BCUT2D eigenvalue weighted by molar-refractivity contribution is 0.284. The molecule has 1 aliphatic rings. The summed E-state index contributed by atoms with van der Waals surface area (Å²) in [4.78, 5) is 22.8. The third kappa shape index (κ3) is 4.00. The van der Waals surface area contributed by atoms with Crippen LogP contribution in [0.25, 0.3) is 21.6 Å². The molecule has 1 aliphatic carbocycles. The van der Waals surface area contributed by atoms with Gasteiger partial charge in [0.2, 0.25) is 0 Å². The number of H-pyrrole nitrogens is 1. The Kier molecular flexibility index (Phi) is 5.66. The number of thiophene rings is 1. The van der Waals surface area contributed by atoms with Crippen LogP contribution in [0.4, 0.5) is 4.39 Å². The second kappa shape index (κ2) is 8.74. The predicted octanol–water partition coefficient (Wildman–Crippen LogP) is 5.65. The lowest BCUT2D eigenvalue weighted by atomic mass is 10.1. The number of aromatic nitrogens is 2. The molecule has 7 heteroatoms. The molecule has 1 N–H and O–H groups in total. The average molecular weight is 451 g/mol. The summed E-state index contributed by atoms with van der Waals surface area (Å²) in [6.07, 6.45) is 5.48. The number of benzene rings is 2. The number of hydrogen-bond donors (Lipinski definition) is 1. The van der Waals surface area contributed by atoms with Crippen LogP contribution in [0.5, 0.6) is 11.5 Å². The van der Waals surface area contributed by atoms with E-state index >= 15 is 0 Å². The largest absolute Gasteiger partial charge is 0.493 e. The van der Waals surface area contributed by atoms with Crippen LogP contribution < -0.4 is 15.0 Å². The van der Waals surface area contributed by atoms with E-state index in [9.17, 15) is 9.18 Å². The van der Waals surface area contributed by atoms with Crippen LogP contribution in [0.1, 0.15) is 35.3 Å². The lowest BCUT2D eigenvalue weighted by Gasteiger charge is -2.12. The van der Waals surface area contributed by atoms with E-state index in [0.29, 0.717) is 17.3 Å². The number of hydrogen-bond acceptors (Lipinski definition) is 5. The predicted molar refractivity (Wildman–Crippen MR) is 124 cm³/mol. The molecule has 0 radical (unpaired) electrons. The Hall–Kier alpha value is -3.19. The summed E-state index contributed by atoms with van der Waals surface area (Å²) in [5.74, 6) is 1.33. The SMILES string of the molecule is COc1cc(-c2nc3sc4c(c3c(=O)[nH]2)CCCCC4)ccc1OCc1ccc(F)cc1. The molecule has 4 aromatic rings. The summed E-state index contributed by atoms with van der Waals surface area (Å²) < 4.78 is 24.5. The molecule has 32 heavy (non-hydrogen) atoms. The number of aromatic amines is 1. The van der Waals surface area contributed by atoms with E-state index in [1.807, 2.05) is 12.1 Å². The van der Waals surface area contributed by atoms with Crippen LogP contribution >= 0.6 is 11.3 Å². The molecule has 0 fully saturated rings. The van der Waals surface area contributed by atoms with Crippen molar-refractivity contribution in [1.29, 1.82) is 0 Å². The normalized spacial score (nSPS) is 13.6. The minimum absolute atomic E-state index is 0.0833. The lowest BCUT2D eigenvalue weighted by Crippen LogP contribution is -2.10. The number of nitrogens with one attached hydrogen (secondary N) is 1. The molecule has 0 atom stereocenters. The number of methoxy groups -OCH3 is 1. The number of rotatable bonds is 5. The molecule has 0 saturated heterocycles. The first kappa shape index (κ1) is 20.7. The van der Waals surface area contributed by atoms with Gasteiger partial charge in [0.25, 0.3) is 5.56 Å². The number of ether oxygens (including phenoxy) is 2. The van der Waals surface area contributed by atoms with Crippen molar-refractivity contribution in [2.24, 2.45) is 0 Å². The maximum atomic E-state index is 13.1. The molecule has 0 bridgehead atoms. The highest BCUT2D eigenvalue weighted by molar-refractivity contribution is 7.18. The van der Waals surface area contributed by atoms with Crippen molar-refractivity contribution in [2.45, 2.75) is 38.7 Å². The summed E-state index contributed by atoms with van der Waals surface area (Å²) in [7, 11) is 1.57. The number of aryl methyl sites for hydroxylation is 2. The topological polar surface area (TPSA) is 64.2 Å². The van der Waals surface area contributed by atoms with Crippen molar-refractivity contribution in [3.05, 3.63) is 74.6 Å². The van der Waals surface area contributed by atoms with Gasteiger partial charge < -0.3 is 14.5 Å². The molecule has 0 amide bonds. The molecule has 2 heterocycles. The van der Waals surface area contributed by atoms with Crippen LogP contribution in [0.2, 0.25) is 0 Å². The second-order valence-electron chi connectivity index (χ2n) is 7.94. The highest BCUT2D eigenvalue weighted by Crippen LogP contribution is 2.35. The van der Waals surface area contributed by atoms with Gasteiger partial charge in [0.15, 0.2) is 11.5 Å². The van der Waals surface area contributed by atoms with Gasteiger partial charge in [-0.25, -0.2) is 9.37 Å². The smallest absolute Gasteiger partial charge is 0.260 e. The van der Waals surface area contributed by atoms with Crippen molar-refractivity contribution >= 4 is 21.6 Å². The monoisotopic (exact) mass is 450 g/mol. The van der Waals surface area contributed by atoms with Gasteiger partial charge in [-0.2, -0.15) is 0 Å². The summed E-state index contributed by atoms with van der Waals surface area (Å²) in [6.45, 7) is 0.289. The molecule has 0 saturated carbocycles. The van der Waals surface area contributed by atoms with E-state index in [1.165, 1.54) is 35.4 Å². The highest BCUT2D eigenvalue weighted by atomic mass is 32.1. The fraction of sp³-hybridized carbons (Fsp3) is 0.280. The zero-order valence-electron chi connectivity index (χ0n) is 17.7.